The molecule has 0 aromatic heterocycles. The van der Waals surface area contributed by atoms with Crippen LogP contribution in [0.2, 0.25) is 0 Å². The number of hydrogen-bond acceptors (Lipinski definition) is 5. The van der Waals surface area contributed by atoms with Gasteiger partial charge in [-0.3, -0.25) is 4.90 Å². The predicted molar refractivity (Wildman–Crippen MR) is 91.7 cm³/mol. The Morgan fingerprint density at radius 2 is 1.91 bits per heavy atom. The van der Waals surface area contributed by atoms with E-state index >= 15 is 0 Å². The third-order valence-corrected chi connectivity index (χ3v) is 4.73. The molecule has 0 unspecified atom stereocenters. The van der Waals surface area contributed by atoms with Crippen molar-refractivity contribution >= 4 is 11.4 Å². The second kappa shape index (κ2) is 6.75. The van der Waals surface area contributed by atoms with Crippen LogP contribution in [-0.4, -0.2) is 69.1 Å². The summed E-state index contributed by atoms with van der Waals surface area (Å²) in [5.41, 5.74) is 7.01. The van der Waals surface area contributed by atoms with E-state index in [1.165, 1.54) is 0 Å². The third kappa shape index (κ3) is 3.31. The molecule has 0 amide bonds. The number of hydrogen-bond donors (Lipinski definition) is 1. The van der Waals surface area contributed by atoms with Crippen LogP contribution in [0.25, 0.3) is 0 Å². The highest BCUT2D eigenvalue weighted by molar-refractivity contribution is 5.64. The molecule has 2 saturated heterocycles. The van der Waals surface area contributed by atoms with Crippen molar-refractivity contribution in [3.63, 3.8) is 0 Å². The summed E-state index contributed by atoms with van der Waals surface area (Å²) in [7, 11) is -2.52. The van der Waals surface area contributed by atoms with Gasteiger partial charge in [0.25, 0.3) is 0 Å². The molecule has 122 valence electrons. The van der Waals surface area contributed by atoms with Crippen LogP contribution >= 0.6 is 0 Å². The lowest BCUT2D eigenvalue weighted by Crippen LogP contribution is -2.52. The minimum atomic E-state index is -2.52. The summed E-state index contributed by atoms with van der Waals surface area (Å²) in [5.74, 6) is 0.282. The number of anilines is 2. The fourth-order valence-corrected chi connectivity index (χ4v) is 3.43. The van der Waals surface area contributed by atoms with Gasteiger partial charge in [-0.05, 0) is 32.0 Å². The van der Waals surface area contributed by atoms with E-state index in [1.807, 2.05) is 6.07 Å². The molecule has 3 rings (SSSR count). The molecule has 5 nitrogen and oxygen atoms in total. The van der Waals surface area contributed by atoms with Crippen LogP contribution in [0.15, 0.2) is 18.2 Å². The lowest BCUT2D eigenvalue weighted by Gasteiger charge is -2.42. The van der Waals surface area contributed by atoms with Crippen molar-refractivity contribution < 1.29 is 13.0 Å². The van der Waals surface area contributed by atoms with E-state index in [9.17, 15) is 0 Å². The first-order valence-electron chi connectivity index (χ1n) is 10.9. The Morgan fingerprint density at radius 3 is 2.59 bits per heavy atom. The van der Waals surface area contributed by atoms with Gasteiger partial charge in [0.15, 0.2) is 0 Å². The van der Waals surface area contributed by atoms with Gasteiger partial charge in [0.05, 0.1) is 16.8 Å². The molecule has 2 aliphatic heterocycles. The molecule has 0 radical (unpaired) electrons. The van der Waals surface area contributed by atoms with Crippen LogP contribution in [0, 0.1) is 0 Å². The van der Waals surface area contributed by atoms with Crippen molar-refractivity contribution in [2.75, 3.05) is 63.9 Å². The normalized spacial score (nSPS) is 27.2. The van der Waals surface area contributed by atoms with Crippen LogP contribution in [0.4, 0.5) is 11.4 Å². The molecule has 2 aliphatic rings. The van der Waals surface area contributed by atoms with Gasteiger partial charge in [-0.2, -0.15) is 0 Å². The van der Waals surface area contributed by atoms with E-state index in [1.54, 1.807) is 17.0 Å². The molecule has 0 saturated carbocycles. The van der Waals surface area contributed by atoms with Crippen LogP contribution in [0.1, 0.15) is 21.1 Å². The Morgan fingerprint density at radius 1 is 1.14 bits per heavy atom. The van der Waals surface area contributed by atoms with Gasteiger partial charge >= 0.3 is 0 Å². The zero-order chi connectivity index (χ0) is 20.5. The maximum absolute atomic E-state index is 7.53. The molecular formula is C17H28N4O. The largest absolute Gasteiger partial charge is 0.495 e. The van der Waals surface area contributed by atoms with Gasteiger partial charge in [-0.25, -0.2) is 0 Å². The van der Waals surface area contributed by atoms with Crippen LogP contribution in [0.3, 0.4) is 0 Å². The Balaban J connectivity index is 1.59. The number of nitrogens with zero attached hydrogens (tertiary/aromatic N) is 3. The van der Waals surface area contributed by atoms with Crippen molar-refractivity contribution in [1.82, 2.24) is 9.80 Å². The summed E-state index contributed by atoms with van der Waals surface area (Å²) in [4.78, 5) is 6.07. The molecule has 2 N–H and O–H groups in total. The minimum Gasteiger partial charge on any atom is -0.495 e. The molecule has 0 atom stereocenters. The predicted octanol–water partition coefficient (Wildman–Crippen LogP) is 1.49. The van der Waals surface area contributed by atoms with Gasteiger partial charge in [-0.15, -0.1) is 0 Å². The summed E-state index contributed by atoms with van der Waals surface area (Å²) in [5, 5.41) is 0. The van der Waals surface area contributed by atoms with Gasteiger partial charge < -0.3 is 20.3 Å². The second-order valence-corrected chi connectivity index (χ2v) is 6.07. The molecule has 1 aromatic rings. The second-order valence-electron chi connectivity index (χ2n) is 6.07. The number of ether oxygens (including phenoxy) is 1. The first kappa shape index (κ1) is 9.63. The molecule has 2 fully saturated rings. The summed E-state index contributed by atoms with van der Waals surface area (Å²) in [6.07, 6.45) is 1.87. The van der Waals surface area contributed by atoms with E-state index in [0.29, 0.717) is 24.8 Å². The van der Waals surface area contributed by atoms with E-state index in [2.05, 4.69) is 9.80 Å². The number of piperazine rings is 1. The molecule has 0 spiro atoms. The highest BCUT2D eigenvalue weighted by atomic mass is 16.5. The van der Waals surface area contributed by atoms with Crippen LogP contribution in [-0.2, 0) is 0 Å². The van der Waals surface area contributed by atoms with Gasteiger partial charge in [0.2, 0.25) is 0 Å². The quantitative estimate of drug-likeness (QED) is 0.857. The topological polar surface area (TPSA) is 45.0 Å². The Labute approximate surface area is 142 Å². The van der Waals surface area contributed by atoms with Crippen LogP contribution < -0.4 is 15.4 Å². The molecule has 22 heavy (non-hydrogen) atoms. The summed E-state index contributed by atoms with van der Waals surface area (Å²) < 4.78 is 49.9. The van der Waals surface area contributed by atoms with Crippen molar-refractivity contribution in [3.05, 3.63) is 18.2 Å². The number of nitrogen functional groups attached to an aromatic ring is 1. The zero-order valence-electron chi connectivity index (χ0n) is 18.8. The Hall–Kier alpha value is -1.46. The molecule has 2 heterocycles. The maximum atomic E-state index is 7.53. The molecule has 1 aromatic carbocycles. The monoisotopic (exact) mass is 310 g/mol. The fourth-order valence-electron chi connectivity index (χ4n) is 3.43. The van der Waals surface area contributed by atoms with E-state index in [-0.39, 0.29) is 5.75 Å². The van der Waals surface area contributed by atoms with Crippen molar-refractivity contribution in [3.8, 4) is 5.75 Å². The molecule has 0 aliphatic carbocycles. The SMILES string of the molecule is [2H]C([2H])([2H])Oc1cc(N)ccc1N1CCC(N2CCN(C([2H])([2H])[2H])CC2)CC1. The van der Waals surface area contributed by atoms with E-state index in [4.69, 9.17) is 18.7 Å². The average Bonchev–Trinajstić information content (AvgIpc) is 2.60. The van der Waals surface area contributed by atoms with E-state index in [0.717, 1.165) is 44.7 Å². The lowest BCUT2D eigenvalue weighted by molar-refractivity contribution is 0.0981. The van der Waals surface area contributed by atoms with Crippen molar-refractivity contribution in [2.24, 2.45) is 0 Å². The highest BCUT2D eigenvalue weighted by Crippen LogP contribution is 2.32. The van der Waals surface area contributed by atoms with Crippen LogP contribution in [0.5, 0.6) is 5.75 Å². The molecular weight excluding hydrogens is 276 g/mol. The average molecular weight is 310 g/mol. The number of methoxy groups -OCH3 is 1. The number of rotatable bonds is 3. The molecule has 5 heteroatoms. The summed E-state index contributed by atoms with van der Waals surface area (Å²) in [6.45, 7) is 2.20. The first-order chi connectivity index (χ1) is 13.0. The third-order valence-electron chi connectivity index (χ3n) is 4.73. The van der Waals surface area contributed by atoms with E-state index < -0.39 is 14.0 Å². The lowest BCUT2D eigenvalue weighted by atomic mass is 10.0. The number of nitrogens with two attached hydrogens (primary N) is 1. The molecule has 0 bridgehead atoms. The standard InChI is InChI=1S/C17H28N4O/c1-19-9-11-20(12-10-19)15-5-7-21(8-6-15)16-4-3-14(18)13-17(16)22-2/h3-4,13,15H,5-12,18H2,1-2H3/i1D3,2D3. The number of likely N-dealkylation sites (N-methyl/N-ethyl adjacent to an activating group) is 1. The number of benzene rings is 1. The maximum Gasteiger partial charge on any atom is 0.144 e. The minimum absolute atomic E-state index is 0.282. The van der Waals surface area contributed by atoms with Crippen molar-refractivity contribution in [1.29, 1.82) is 0 Å². The summed E-state index contributed by atoms with van der Waals surface area (Å²) >= 11 is 0. The first-order valence-corrected chi connectivity index (χ1v) is 7.85. The van der Waals surface area contributed by atoms with Gasteiger partial charge in [0.1, 0.15) is 5.75 Å². The van der Waals surface area contributed by atoms with Gasteiger partial charge in [-0.1, -0.05) is 0 Å². The number of piperidine rings is 1. The highest BCUT2D eigenvalue weighted by Gasteiger charge is 2.27. The summed E-state index contributed by atoms with van der Waals surface area (Å²) in [6, 6.07) is 5.53. The Kier molecular flexibility index (Phi) is 2.95. The van der Waals surface area contributed by atoms with Crippen molar-refractivity contribution in [2.45, 2.75) is 18.9 Å². The fraction of sp³-hybridized carbons (Fsp3) is 0.647. The zero-order valence-corrected chi connectivity index (χ0v) is 12.8. The smallest absolute Gasteiger partial charge is 0.144 e. The van der Waals surface area contributed by atoms with Gasteiger partial charge in [0, 0.05) is 61.2 Å². The Bertz CT molecular complexity index is 665.